The smallest absolute Gasteiger partial charge is 0.319 e. The van der Waals surface area contributed by atoms with Crippen LogP contribution < -0.4 is 10.6 Å². The molecule has 136 valence electrons. The van der Waals surface area contributed by atoms with E-state index in [1.54, 1.807) is 4.68 Å². The number of rotatable bonds is 6. The van der Waals surface area contributed by atoms with Crippen molar-refractivity contribution >= 4 is 11.7 Å². The van der Waals surface area contributed by atoms with E-state index in [0.29, 0.717) is 6.54 Å². The number of benzene rings is 1. The summed E-state index contributed by atoms with van der Waals surface area (Å²) in [5.41, 5.74) is 2.81. The summed E-state index contributed by atoms with van der Waals surface area (Å²) in [6.07, 6.45) is 6.22. The Labute approximate surface area is 153 Å². The lowest BCUT2D eigenvalue weighted by Crippen LogP contribution is -2.34. The minimum atomic E-state index is -0.254. The van der Waals surface area contributed by atoms with Gasteiger partial charge < -0.3 is 15.2 Å². The third kappa shape index (κ3) is 3.61. The quantitative estimate of drug-likeness (QED) is 0.710. The molecular weight excluding hydrogens is 328 g/mol. The monoisotopic (exact) mass is 352 g/mol. The van der Waals surface area contributed by atoms with E-state index in [2.05, 4.69) is 20.7 Å². The van der Waals surface area contributed by atoms with Gasteiger partial charge in [0.25, 0.3) is 0 Å². The van der Waals surface area contributed by atoms with E-state index in [0.717, 1.165) is 29.2 Å². The molecule has 2 aromatic heterocycles. The normalized spacial score (nSPS) is 12.0. The third-order valence-electron chi connectivity index (χ3n) is 4.41. The van der Waals surface area contributed by atoms with E-state index < -0.39 is 0 Å². The SMILES string of the molecule is CC[C@@H](NC(=O)Nc1cccc(-n2cccc2)c1C)c1ncnn1CC. The molecule has 0 radical (unpaired) electrons. The molecule has 2 heterocycles. The van der Waals surface area contributed by atoms with Crippen LogP contribution in [0.3, 0.4) is 0 Å². The van der Waals surface area contributed by atoms with Crippen LogP contribution in [0.2, 0.25) is 0 Å². The second-order valence-electron chi connectivity index (χ2n) is 6.03. The maximum Gasteiger partial charge on any atom is 0.319 e. The summed E-state index contributed by atoms with van der Waals surface area (Å²) < 4.78 is 3.82. The minimum Gasteiger partial charge on any atom is -0.328 e. The van der Waals surface area contributed by atoms with Crippen molar-refractivity contribution in [3.63, 3.8) is 0 Å². The molecule has 7 nitrogen and oxygen atoms in total. The average Bonchev–Trinajstić information content (AvgIpc) is 3.33. The number of anilines is 1. The zero-order valence-corrected chi connectivity index (χ0v) is 15.3. The molecule has 3 rings (SSSR count). The van der Waals surface area contributed by atoms with Crippen LogP contribution in [0.5, 0.6) is 0 Å². The summed E-state index contributed by atoms with van der Waals surface area (Å²) in [4.78, 5) is 16.8. The summed E-state index contributed by atoms with van der Waals surface area (Å²) in [5, 5.41) is 10.1. The highest BCUT2D eigenvalue weighted by Crippen LogP contribution is 2.23. The fourth-order valence-corrected chi connectivity index (χ4v) is 2.99. The lowest BCUT2D eigenvalue weighted by molar-refractivity contribution is 0.247. The van der Waals surface area contributed by atoms with Crippen molar-refractivity contribution in [2.75, 3.05) is 5.32 Å². The summed E-state index contributed by atoms with van der Waals surface area (Å²) in [6.45, 7) is 6.72. The highest BCUT2D eigenvalue weighted by Gasteiger charge is 2.18. The van der Waals surface area contributed by atoms with Crippen LogP contribution in [0.1, 0.15) is 37.7 Å². The molecule has 0 saturated carbocycles. The zero-order chi connectivity index (χ0) is 18.5. The van der Waals surface area contributed by atoms with Crippen molar-refractivity contribution < 1.29 is 4.79 Å². The van der Waals surface area contributed by atoms with E-state index in [1.807, 2.05) is 68.1 Å². The number of nitrogens with one attached hydrogen (secondary N) is 2. The Morgan fingerprint density at radius 1 is 1.19 bits per heavy atom. The first-order valence-electron chi connectivity index (χ1n) is 8.82. The lowest BCUT2D eigenvalue weighted by Gasteiger charge is -2.18. The molecule has 0 aliphatic carbocycles. The van der Waals surface area contributed by atoms with E-state index in [-0.39, 0.29) is 12.1 Å². The molecule has 1 aromatic carbocycles. The van der Waals surface area contributed by atoms with Gasteiger partial charge >= 0.3 is 6.03 Å². The van der Waals surface area contributed by atoms with Gasteiger partial charge in [0.1, 0.15) is 12.2 Å². The Balaban J connectivity index is 1.75. The predicted octanol–water partition coefficient (Wildman–Crippen LogP) is 3.67. The molecule has 26 heavy (non-hydrogen) atoms. The molecule has 0 aliphatic rings. The Morgan fingerprint density at radius 3 is 2.65 bits per heavy atom. The molecule has 0 spiro atoms. The maximum atomic E-state index is 12.5. The number of carbonyl (C=O) groups excluding carboxylic acids is 1. The molecule has 2 amide bonds. The highest BCUT2D eigenvalue weighted by molar-refractivity contribution is 5.90. The first-order chi connectivity index (χ1) is 12.6. The molecular formula is C19H24N6O. The second-order valence-corrected chi connectivity index (χ2v) is 6.03. The summed E-state index contributed by atoms with van der Waals surface area (Å²) >= 11 is 0. The van der Waals surface area contributed by atoms with E-state index in [1.165, 1.54) is 6.33 Å². The molecule has 0 bridgehead atoms. The van der Waals surface area contributed by atoms with Crippen LogP contribution in [0, 0.1) is 6.92 Å². The standard InChI is InChI=1S/C19H24N6O/c1-4-15(18-20-13-21-25(18)5-2)22-19(26)23-16-9-8-10-17(14(16)3)24-11-6-7-12-24/h6-13,15H,4-5H2,1-3H3,(H2,22,23,26)/t15-/m1/s1. The number of carbonyl (C=O) groups is 1. The highest BCUT2D eigenvalue weighted by atomic mass is 16.2. The molecule has 0 fully saturated rings. The Hall–Kier alpha value is -3.09. The van der Waals surface area contributed by atoms with Crippen LogP contribution in [-0.2, 0) is 6.54 Å². The number of urea groups is 1. The number of hydrogen-bond donors (Lipinski definition) is 2. The van der Waals surface area contributed by atoms with Crippen molar-refractivity contribution in [3.8, 4) is 5.69 Å². The van der Waals surface area contributed by atoms with Crippen LogP contribution in [0.25, 0.3) is 5.69 Å². The molecule has 0 saturated heterocycles. The van der Waals surface area contributed by atoms with Gasteiger partial charge in [0.2, 0.25) is 0 Å². The Kier molecular flexibility index (Phi) is 5.36. The molecule has 0 aliphatic heterocycles. The number of aryl methyl sites for hydroxylation is 1. The van der Waals surface area contributed by atoms with Gasteiger partial charge in [0.15, 0.2) is 0 Å². The number of hydrogen-bond acceptors (Lipinski definition) is 3. The van der Waals surface area contributed by atoms with Gasteiger partial charge in [-0.25, -0.2) is 14.5 Å². The Morgan fingerprint density at radius 2 is 1.96 bits per heavy atom. The van der Waals surface area contributed by atoms with Gasteiger partial charge in [0.05, 0.1) is 6.04 Å². The first-order valence-corrected chi connectivity index (χ1v) is 8.82. The van der Waals surface area contributed by atoms with Gasteiger partial charge in [-0.05, 0) is 50.1 Å². The molecule has 0 unspecified atom stereocenters. The molecule has 3 aromatic rings. The lowest BCUT2D eigenvalue weighted by atomic mass is 10.1. The largest absolute Gasteiger partial charge is 0.328 e. The van der Waals surface area contributed by atoms with E-state index in [9.17, 15) is 4.79 Å². The average molecular weight is 352 g/mol. The van der Waals surface area contributed by atoms with Gasteiger partial charge in [-0.15, -0.1) is 0 Å². The fourth-order valence-electron chi connectivity index (χ4n) is 2.99. The summed E-state index contributed by atoms with van der Waals surface area (Å²) in [6, 6.07) is 9.36. The topological polar surface area (TPSA) is 76.8 Å². The third-order valence-corrected chi connectivity index (χ3v) is 4.41. The van der Waals surface area contributed by atoms with E-state index >= 15 is 0 Å². The van der Waals surface area contributed by atoms with Crippen molar-refractivity contribution in [2.24, 2.45) is 0 Å². The van der Waals surface area contributed by atoms with Crippen LogP contribution in [-0.4, -0.2) is 25.4 Å². The molecule has 2 N–H and O–H groups in total. The zero-order valence-electron chi connectivity index (χ0n) is 15.3. The van der Waals surface area contributed by atoms with Gasteiger partial charge in [-0.3, -0.25) is 0 Å². The molecule has 7 heteroatoms. The number of amides is 2. The van der Waals surface area contributed by atoms with Crippen molar-refractivity contribution in [2.45, 2.75) is 39.8 Å². The van der Waals surface area contributed by atoms with Crippen LogP contribution >= 0.6 is 0 Å². The van der Waals surface area contributed by atoms with Gasteiger partial charge in [-0.2, -0.15) is 5.10 Å². The van der Waals surface area contributed by atoms with Crippen molar-refractivity contribution in [1.82, 2.24) is 24.6 Å². The summed E-state index contributed by atoms with van der Waals surface area (Å²) in [5.74, 6) is 0.767. The van der Waals surface area contributed by atoms with E-state index in [4.69, 9.17) is 0 Å². The Bertz CT molecular complexity index is 868. The predicted molar refractivity (Wildman–Crippen MR) is 101 cm³/mol. The van der Waals surface area contributed by atoms with Gasteiger partial charge in [-0.1, -0.05) is 13.0 Å². The van der Waals surface area contributed by atoms with Crippen molar-refractivity contribution in [1.29, 1.82) is 0 Å². The van der Waals surface area contributed by atoms with Crippen LogP contribution in [0.15, 0.2) is 49.1 Å². The minimum absolute atomic E-state index is 0.189. The number of nitrogens with zero attached hydrogens (tertiary/aromatic N) is 4. The second kappa shape index (κ2) is 7.86. The fraction of sp³-hybridized carbons (Fsp3) is 0.316. The van der Waals surface area contributed by atoms with Crippen molar-refractivity contribution in [3.05, 3.63) is 60.4 Å². The number of aromatic nitrogens is 4. The molecule has 1 atom stereocenters. The van der Waals surface area contributed by atoms with Crippen LogP contribution in [0.4, 0.5) is 10.5 Å². The maximum absolute atomic E-state index is 12.5. The first kappa shape index (κ1) is 17.7. The van der Waals surface area contributed by atoms with Gasteiger partial charge in [0, 0.05) is 30.3 Å². The summed E-state index contributed by atoms with van der Waals surface area (Å²) in [7, 11) is 0.